The van der Waals surface area contributed by atoms with Crippen LogP contribution in [0.1, 0.15) is 48.2 Å². The molecular weight excluding hydrogens is 608 g/mol. The minimum absolute atomic E-state index is 0.108. The molecule has 4 heterocycles. The molecule has 242 valence electrons. The summed E-state index contributed by atoms with van der Waals surface area (Å²) in [6, 6.07) is 17.0. The van der Waals surface area contributed by atoms with Crippen LogP contribution in [-0.4, -0.2) is 77.4 Å². The van der Waals surface area contributed by atoms with Crippen LogP contribution in [0.5, 0.6) is 0 Å². The van der Waals surface area contributed by atoms with Crippen LogP contribution in [0, 0.1) is 13.8 Å². The Morgan fingerprint density at radius 1 is 0.957 bits per heavy atom. The van der Waals surface area contributed by atoms with E-state index in [4.69, 9.17) is 14.4 Å². The van der Waals surface area contributed by atoms with Crippen LogP contribution in [-0.2, 0) is 19.8 Å². The number of aryl methyl sites for hydroxylation is 2. The molecule has 0 spiro atoms. The molecule has 0 bridgehead atoms. The summed E-state index contributed by atoms with van der Waals surface area (Å²) in [7, 11) is -4.13. The second kappa shape index (κ2) is 12.9. The summed E-state index contributed by atoms with van der Waals surface area (Å²) < 4.78 is 31.5. The fourth-order valence-electron chi connectivity index (χ4n) is 4.88. The number of nitrogens with one attached hydrogen (secondary N) is 1. The Hall–Kier alpha value is -4.82. The summed E-state index contributed by atoms with van der Waals surface area (Å²) in [6.07, 6.45) is 2.47. The largest absolute Gasteiger partial charge is 0.353 e. The molecule has 3 aromatic heterocycles. The number of amides is 3. The van der Waals surface area contributed by atoms with Crippen LogP contribution < -0.4 is 15.3 Å². The van der Waals surface area contributed by atoms with E-state index in [1.54, 1.807) is 54.4 Å². The number of urea groups is 1. The van der Waals surface area contributed by atoms with Crippen molar-refractivity contribution in [1.29, 1.82) is 0 Å². The van der Waals surface area contributed by atoms with Gasteiger partial charge in [0.15, 0.2) is 5.82 Å². The van der Waals surface area contributed by atoms with Gasteiger partial charge in [-0.3, -0.25) is 9.78 Å². The van der Waals surface area contributed by atoms with Gasteiger partial charge in [-0.2, -0.15) is 13.5 Å². The molecule has 1 aromatic carbocycles. The highest BCUT2D eigenvalue weighted by Crippen LogP contribution is 2.30. The first-order valence-electron chi connectivity index (χ1n) is 14.8. The first kappa shape index (κ1) is 32.6. The Labute approximate surface area is 268 Å². The normalized spacial score (nSPS) is 13.9. The molecule has 5 rings (SSSR count). The summed E-state index contributed by atoms with van der Waals surface area (Å²) in [4.78, 5) is 39.2. The molecule has 0 unspecified atom stereocenters. The third kappa shape index (κ3) is 7.51. The highest BCUT2D eigenvalue weighted by atomic mass is 32.2. The van der Waals surface area contributed by atoms with E-state index in [1.807, 2.05) is 52.0 Å². The van der Waals surface area contributed by atoms with E-state index < -0.39 is 21.6 Å². The number of hydroxylamine groups is 1. The van der Waals surface area contributed by atoms with Gasteiger partial charge < -0.3 is 15.1 Å². The molecule has 0 aliphatic carbocycles. The topological polar surface area (TPSA) is 143 Å². The number of carbonyl (C=O) groups excluding carboxylic acids is 2. The molecule has 0 atom stereocenters. The number of piperazine rings is 1. The van der Waals surface area contributed by atoms with E-state index >= 15 is 0 Å². The van der Waals surface area contributed by atoms with Gasteiger partial charge in [-0.05, 0) is 50.2 Å². The van der Waals surface area contributed by atoms with E-state index in [-0.39, 0.29) is 11.7 Å². The van der Waals surface area contributed by atoms with Crippen LogP contribution >= 0.6 is 0 Å². The molecule has 1 N–H and O–H groups in total. The second-order valence-electron chi connectivity index (χ2n) is 12.2. The maximum absolute atomic E-state index is 13.7. The molecule has 4 aromatic rings. The Morgan fingerprint density at radius 3 is 2.24 bits per heavy atom. The number of anilines is 3. The van der Waals surface area contributed by atoms with Gasteiger partial charge in [-0.15, -0.1) is 9.35 Å². The van der Waals surface area contributed by atoms with Gasteiger partial charge in [0.2, 0.25) is 0 Å². The lowest BCUT2D eigenvalue weighted by atomic mass is 9.92. The van der Waals surface area contributed by atoms with Crippen molar-refractivity contribution < 1.29 is 22.3 Å². The zero-order chi connectivity index (χ0) is 33.2. The molecule has 1 saturated heterocycles. The molecule has 3 amide bonds. The van der Waals surface area contributed by atoms with Crippen LogP contribution in [0.2, 0.25) is 0 Å². The summed E-state index contributed by atoms with van der Waals surface area (Å²) in [5.41, 5.74) is 3.16. The highest BCUT2D eigenvalue weighted by Gasteiger charge is 2.31. The van der Waals surface area contributed by atoms with Crippen molar-refractivity contribution in [2.24, 2.45) is 0 Å². The number of carbonyl (C=O) groups is 2. The first-order chi connectivity index (χ1) is 21.7. The molecule has 1 aliphatic rings. The number of hydrogen-bond donors (Lipinski definition) is 1. The quantitative estimate of drug-likeness (QED) is 0.288. The van der Waals surface area contributed by atoms with Crippen LogP contribution in [0.25, 0.3) is 5.69 Å². The molecule has 1 aliphatic heterocycles. The van der Waals surface area contributed by atoms with Gasteiger partial charge in [-0.25, -0.2) is 14.5 Å². The van der Waals surface area contributed by atoms with Gasteiger partial charge in [0.1, 0.15) is 11.5 Å². The average molecular weight is 647 g/mol. The number of benzene rings is 1. The highest BCUT2D eigenvalue weighted by molar-refractivity contribution is 7.86. The lowest BCUT2D eigenvalue weighted by Crippen LogP contribution is -2.49. The summed E-state index contributed by atoms with van der Waals surface area (Å²) in [5.74, 6) is 0.690. The van der Waals surface area contributed by atoms with Crippen molar-refractivity contribution in [3.63, 3.8) is 0 Å². The van der Waals surface area contributed by atoms with Crippen molar-refractivity contribution >= 4 is 39.4 Å². The monoisotopic (exact) mass is 646 g/mol. The molecule has 0 radical (unpaired) electrons. The van der Waals surface area contributed by atoms with Crippen molar-refractivity contribution in [2.45, 2.75) is 40.0 Å². The van der Waals surface area contributed by atoms with E-state index in [1.165, 1.54) is 4.68 Å². The van der Waals surface area contributed by atoms with Gasteiger partial charge in [0, 0.05) is 43.9 Å². The molecule has 14 heteroatoms. The van der Waals surface area contributed by atoms with E-state index in [2.05, 4.69) is 15.2 Å². The summed E-state index contributed by atoms with van der Waals surface area (Å²) in [6.45, 7) is 11.8. The van der Waals surface area contributed by atoms with Crippen molar-refractivity contribution in [3.05, 3.63) is 89.5 Å². The van der Waals surface area contributed by atoms with Crippen LogP contribution in [0.4, 0.5) is 22.1 Å². The SMILES string of the molecule is Cc1ccc(-n2nc(C(C)(C)C)cc2N(OS(C)(=O)=O)C(=O)Nc2ccc(N3CCN(C(=O)c4ccccn4)CC3)nc2C)cc1. The predicted octanol–water partition coefficient (Wildman–Crippen LogP) is 4.47. The predicted molar refractivity (Wildman–Crippen MR) is 176 cm³/mol. The maximum Gasteiger partial charge on any atom is 0.353 e. The second-order valence-corrected chi connectivity index (χ2v) is 13.7. The number of pyridine rings is 2. The van der Waals surface area contributed by atoms with Crippen LogP contribution in [0.3, 0.4) is 0 Å². The zero-order valence-corrected chi connectivity index (χ0v) is 27.6. The minimum Gasteiger partial charge on any atom is -0.353 e. The fraction of sp³-hybridized carbons (Fsp3) is 0.344. The minimum atomic E-state index is -4.13. The Kier molecular flexibility index (Phi) is 9.13. The zero-order valence-electron chi connectivity index (χ0n) is 26.8. The van der Waals surface area contributed by atoms with Gasteiger partial charge in [0.25, 0.3) is 16.0 Å². The van der Waals surface area contributed by atoms with Crippen molar-refractivity contribution in [1.82, 2.24) is 24.6 Å². The fourth-order valence-corrected chi connectivity index (χ4v) is 5.30. The molecule has 0 saturated carbocycles. The molecular formula is C32H38N8O5S. The smallest absolute Gasteiger partial charge is 0.353 e. The van der Waals surface area contributed by atoms with Gasteiger partial charge in [0.05, 0.1) is 29.0 Å². The summed E-state index contributed by atoms with van der Waals surface area (Å²) in [5, 5.41) is 8.16. The molecule has 1 fully saturated rings. The molecule has 13 nitrogen and oxygen atoms in total. The maximum atomic E-state index is 13.7. The third-order valence-electron chi connectivity index (χ3n) is 7.43. The third-order valence-corrected chi connectivity index (χ3v) is 7.85. The van der Waals surface area contributed by atoms with Gasteiger partial charge >= 0.3 is 6.03 Å². The Bertz CT molecular complexity index is 1830. The van der Waals surface area contributed by atoms with E-state index in [0.717, 1.165) is 11.8 Å². The Balaban J connectivity index is 1.37. The average Bonchev–Trinajstić information content (AvgIpc) is 3.47. The number of rotatable bonds is 7. The van der Waals surface area contributed by atoms with Crippen LogP contribution in [0.15, 0.2) is 66.9 Å². The van der Waals surface area contributed by atoms with Crippen molar-refractivity contribution in [2.75, 3.05) is 47.7 Å². The Morgan fingerprint density at radius 2 is 1.65 bits per heavy atom. The number of hydrogen-bond acceptors (Lipinski definition) is 9. The first-order valence-corrected chi connectivity index (χ1v) is 16.6. The number of aromatic nitrogens is 4. The molecule has 46 heavy (non-hydrogen) atoms. The lowest BCUT2D eigenvalue weighted by molar-refractivity contribution is 0.0740. The van der Waals surface area contributed by atoms with Gasteiger partial charge in [-0.1, -0.05) is 44.5 Å². The van der Waals surface area contributed by atoms with E-state index in [0.29, 0.717) is 65.5 Å². The van der Waals surface area contributed by atoms with E-state index in [9.17, 15) is 18.0 Å². The standard InChI is InChI=1S/C32H38N8O5S/c1-22-10-12-24(13-11-22)39-29(21-27(36-39)32(3,4)5)40(45-46(6,43)44)31(42)35-25-14-15-28(34-23(25)2)37-17-19-38(20-18-37)30(41)26-9-7-8-16-33-26/h7-16,21H,17-20H2,1-6H3,(H,35,42). The number of nitrogens with zero attached hydrogens (tertiary/aromatic N) is 7. The van der Waals surface area contributed by atoms with Crippen molar-refractivity contribution in [3.8, 4) is 5.69 Å². The lowest BCUT2D eigenvalue weighted by Gasteiger charge is -2.35. The summed E-state index contributed by atoms with van der Waals surface area (Å²) >= 11 is 0.